The molecule has 2 amide bonds. The van der Waals surface area contributed by atoms with Gasteiger partial charge < -0.3 is 20.8 Å². The van der Waals surface area contributed by atoms with E-state index in [0.29, 0.717) is 12.8 Å². The van der Waals surface area contributed by atoms with Crippen molar-refractivity contribution in [3.8, 4) is 0 Å². The molecular weight excluding hydrogens is 264 g/mol. The van der Waals surface area contributed by atoms with Crippen LogP contribution in [0.4, 0.5) is 0 Å². The Morgan fingerprint density at radius 3 is 1.55 bits per heavy atom. The lowest BCUT2D eigenvalue weighted by Crippen LogP contribution is -2.34. The molecule has 0 aromatic rings. The highest BCUT2D eigenvalue weighted by Gasteiger charge is 2.06. The molecule has 0 aromatic heterocycles. The number of carbonyl (C=O) groups is 2. The summed E-state index contributed by atoms with van der Waals surface area (Å²) in [6.45, 7) is 3.93. The van der Waals surface area contributed by atoms with Gasteiger partial charge in [0.25, 0.3) is 0 Å². The van der Waals surface area contributed by atoms with Crippen molar-refractivity contribution in [1.82, 2.24) is 10.6 Å². The van der Waals surface area contributed by atoms with Crippen molar-refractivity contribution < 1.29 is 19.8 Å². The second-order valence-corrected chi connectivity index (χ2v) is 4.21. The summed E-state index contributed by atoms with van der Waals surface area (Å²) in [6.07, 6.45) is -0.470. The maximum atomic E-state index is 11.2. The molecule has 0 heterocycles. The predicted octanol–water partition coefficient (Wildman–Crippen LogP) is -0.0920. The number of aliphatic hydroxyl groups excluding tert-OH is 2. The average molecular weight is 288 g/mol. The molecule has 20 heavy (non-hydrogen) atoms. The summed E-state index contributed by atoms with van der Waals surface area (Å²) in [7, 11) is 0. The number of amides is 2. The molecule has 116 valence electrons. The van der Waals surface area contributed by atoms with E-state index in [1.54, 1.807) is 13.8 Å². The Morgan fingerprint density at radius 1 is 0.900 bits per heavy atom. The Hall–Kier alpha value is -1.54. The van der Waals surface area contributed by atoms with Gasteiger partial charge in [-0.25, -0.2) is 0 Å². The summed E-state index contributed by atoms with van der Waals surface area (Å²) in [5.74, 6) is -0.579. The van der Waals surface area contributed by atoms with Crippen LogP contribution in [0.15, 0.2) is 10.2 Å². The van der Waals surface area contributed by atoms with E-state index in [-0.39, 0.29) is 37.7 Å². The van der Waals surface area contributed by atoms with Gasteiger partial charge in [0, 0.05) is 12.8 Å². The Balaban J connectivity index is 3.62. The smallest absolute Gasteiger partial charge is 0.223 e. The number of nitrogens with one attached hydrogen (secondary N) is 2. The van der Waals surface area contributed by atoms with Crippen molar-refractivity contribution in [3.05, 3.63) is 0 Å². The van der Waals surface area contributed by atoms with Crippen LogP contribution in [-0.4, -0.2) is 47.6 Å². The lowest BCUT2D eigenvalue weighted by Gasteiger charge is -2.09. The largest absolute Gasteiger partial charge is 0.374 e. The van der Waals surface area contributed by atoms with Crippen molar-refractivity contribution in [2.45, 2.75) is 52.0 Å². The number of aliphatic hydroxyl groups is 2. The van der Waals surface area contributed by atoms with Crippen LogP contribution in [0.5, 0.6) is 0 Å². The third kappa shape index (κ3) is 10.4. The molecule has 8 heteroatoms. The van der Waals surface area contributed by atoms with Crippen LogP contribution < -0.4 is 10.6 Å². The maximum absolute atomic E-state index is 11.2. The maximum Gasteiger partial charge on any atom is 0.223 e. The summed E-state index contributed by atoms with van der Waals surface area (Å²) in [4.78, 5) is 22.5. The summed E-state index contributed by atoms with van der Waals surface area (Å²) in [6, 6.07) is 0. The molecule has 0 saturated heterocycles. The zero-order valence-corrected chi connectivity index (χ0v) is 12.0. The lowest BCUT2D eigenvalue weighted by molar-refractivity contribution is -0.124. The van der Waals surface area contributed by atoms with Gasteiger partial charge in [0.05, 0.1) is 13.1 Å². The first-order chi connectivity index (χ1) is 9.49. The zero-order chi connectivity index (χ0) is 15.4. The normalized spacial score (nSPS) is 14.0. The van der Waals surface area contributed by atoms with Crippen LogP contribution >= 0.6 is 0 Å². The summed E-state index contributed by atoms with van der Waals surface area (Å²) in [5.41, 5.74) is 0. The molecule has 0 fully saturated rings. The fraction of sp³-hybridized carbons (Fsp3) is 0.833. The minimum Gasteiger partial charge on any atom is -0.374 e. The van der Waals surface area contributed by atoms with E-state index in [1.807, 2.05) is 0 Å². The van der Waals surface area contributed by atoms with Gasteiger partial charge in [-0.3, -0.25) is 9.59 Å². The Morgan fingerprint density at radius 2 is 1.25 bits per heavy atom. The van der Waals surface area contributed by atoms with E-state index in [4.69, 9.17) is 0 Å². The Kier molecular flexibility index (Phi) is 10.4. The molecule has 0 aromatic carbocycles. The Labute approximate surface area is 118 Å². The zero-order valence-electron chi connectivity index (χ0n) is 12.0. The molecule has 0 aliphatic rings. The second-order valence-electron chi connectivity index (χ2n) is 4.21. The fourth-order valence-electron chi connectivity index (χ4n) is 1.16. The number of carbonyl (C=O) groups excluding carboxylic acids is 2. The van der Waals surface area contributed by atoms with Crippen LogP contribution in [0.3, 0.4) is 0 Å². The van der Waals surface area contributed by atoms with Gasteiger partial charge in [-0.15, -0.1) is 0 Å². The Bertz CT molecular complexity index is 293. The first-order valence-electron chi connectivity index (χ1n) is 6.77. The number of hydrogen-bond donors (Lipinski definition) is 4. The van der Waals surface area contributed by atoms with Crippen LogP contribution in [-0.2, 0) is 9.59 Å². The van der Waals surface area contributed by atoms with Crippen molar-refractivity contribution in [2.24, 2.45) is 10.2 Å². The first kappa shape index (κ1) is 18.5. The SMILES string of the molecule is CCC(O)NC(=O)CCN=NCCC(=O)NC(O)CC. The number of azo groups is 1. The van der Waals surface area contributed by atoms with Gasteiger partial charge in [0.15, 0.2) is 0 Å². The minimum absolute atomic E-state index is 0.140. The predicted molar refractivity (Wildman–Crippen MR) is 72.7 cm³/mol. The number of nitrogens with zero attached hydrogens (tertiary/aromatic N) is 2. The summed E-state index contributed by atoms with van der Waals surface area (Å²) >= 11 is 0. The molecule has 0 aliphatic carbocycles. The standard InChI is InChI=1S/C12H24N4O4/c1-3-9(17)15-11(19)5-7-13-14-8-6-12(20)16-10(18)4-2/h9-10,17-18H,3-8H2,1-2H3,(H,15,19)(H,16,20). The molecule has 0 rings (SSSR count). The van der Waals surface area contributed by atoms with Gasteiger partial charge in [0.1, 0.15) is 12.5 Å². The highest BCUT2D eigenvalue weighted by molar-refractivity contribution is 5.76. The van der Waals surface area contributed by atoms with Crippen LogP contribution in [0.1, 0.15) is 39.5 Å². The molecule has 0 saturated carbocycles. The molecule has 0 aliphatic heterocycles. The molecule has 0 spiro atoms. The molecule has 4 N–H and O–H groups in total. The summed E-state index contributed by atoms with van der Waals surface area (Å²) in [5, 5.41) is 30.6. The van der Waals surface area contributed by atoms with Crippen molar-refractivity contribution >= 4 is 11.8 Å². The van der Waals surface area contributed by atoms with E-state index in [1.165, 1.54) is 0 Å². The van der Waals surface area contributed by atoms with Crippen molar-refractivity contribution in [2.75, 3.05) is 13.1 Å². The van der Waals surface area contributed by atoms with Crippen LogP contribution in [0.2, 0.25) is 0 Å². The second kappa shape index (κ2) is 11.3. The van der Waals surface area contributed by atoms with Crippen LogP contribution in [0, 0.1) is 0 Å². The minimum atomic E-state index is -0.826. The summed E-state index contributed by atoms with van der Waals surface area (Å²) < 4.78 is 0. The first-order valence-corrected chi connectivity index (χ1v) is 6.77. The van der Waals surface area contributed by atoms with Crippen molar-refractivity contribution in [1.29, 1.82) is 0 Å². The topological polar surface area (TPSA) is 123 Å². The van der Waals surface area contributed by atoms with Gasteiger partial charge in [-0.2, -0.15) is 10.2 Å². The van der Waals surface area contributed by atoms with Gasteiger partial charge in [0.2, 0.25) is 11.8 Å². The van der Waals surface area contributed by atoms with E-state index in [0.717, 1.165) is 0 Å². The quantitative estimate of drug-likeness (QED) is 0.331. The van der Waals surface area contributed by atoms with Gasteiger partial charge >= 0.3 is 0 Å². The van der Waals surface area contributed by atoms with E-state index in [9.17, 15) is 19.8 Å². The van der Waals surface area contributed by atoms with Crippen LogP contribution in [0.25, 0.3) is 0 Å². The van der Waals surface area contributed by atoms with Crippen molar-refractivity contribution in [3.63, 3.8) is 0 Å². The monoisotopic (exact) mass is 288 g/mol. The average Bonchev–Trinajstić information content (AvgIpc) is 2.42. The third-order valence-electron chi connectivity index (χ3n) is 2.41. The number of hydrogen-bond acceptors (Lipinski definition) is 6. The highest BCUT2D eigenvalue weighted by Crippen LogP contribution is 1.91. The van der Waals surface area contributed by atoms with E-state index in [2.05, 4.69) is 20.9 Å². The lowest BCUT2D eigenvalue weighted by atomic mass is 10.3. The van der Waals surface area contributed by atoms with Gasteiger partial charge in [-0.1, -0.05) is 13.8 Å². The molecule has 8 nitrogen and oxygen atoms in total. The molecule has 0 radical (unpaired) electrons. The highest BCUT2D eigenvalue weighted by atomic mass is 16.3. The molecule has 2 unspecified atom stereocenters. The number of rotatable bonds is 10. The molecular formula is C12H24N4O4. The molecule has 2 atom stereocenters. The molecule has 0 bridgehead atoms. The fourth-order valence-corrected chi connectivity index (χ4v) is 1.16. The van der Waals surface area contributed by atoms with Gasteiger partial charge in [-0.05, 0) is 12.8 Å². The van der Waals surface area contributed by atoms with E-state index < -0.39 is 12.5 Å². The van der Waals surface area contributed by atoms with E-state index >= 15 is 0 Å². The third-order valence-corrected chi connectivity index (χ3v) is 2.41.